The van der Waals surface area contributed by atoms with Gasteiger partial charge in [-0.3, -0.25) is 9.69 Å². The quantitative estimate of drug-likeness (QED) is 0.222. The van der Waals surface area contributed by atoms with E-state index in [0.717, 1.165) is 62.9 Å². The molecule has 22 rings (SSSR count). The number of aryl methyl sites for hydroxylation is 1. The molecule has 0 aromatic heterocycles. The van der Waals surface area contributed by atoms with Gasteiger partial charge in [-0.1, -0.05) is 105 Å². The lowest BCUT2D eigenvalue weighted by atomic mass is 9.26. The van der Waals surface area contributed by atoms with Crippen molar-refractivity contribution in [2.45, 2.75) is 217 Å². The molecule has 18 atom stereocenters. The summed E-state index contributed by atoms with van der Waals surface area (Å²) in [5.74, 6) is 3.86. The molecule has 1 aromatic rings. The van der Waals surface area contributed by atoms with E-state index in [4.69, 9.17) is 15.2 Å². The second kappa shape index (κ2) is 16.0. The predicted molar refractivity (Wildman–Crippen MR) is 307 cm³/mol. The molecule has 0 amide bonds. The highest BCUT2D eigenvalue weighted by atomic mass is 16.6. The summed E-state index contributed by atoms with van der Waals surface area (Å²) in [6, 6.07) is 7.18. The van der Waals surface area contributed by atoms with E-state index in [1.54, 1.807) is 22.4 Å². The minimum atomic E-state index is -1.15. The minimum absolute atomic E-state index is 0.0813. The Balaban J connectivity index is 0.894. The van der Waals surface area contributed by atoms with Gasteiger partial charge in [-0.05, 0) is 216 Å². The van der Waals surface area contributed by atoms with Crippen LogP contribution in [-0.2, 0) is 26.3 Å². The Hall–Kier alpha value is -3.62. The number of carbonyl (C=O) groups is 2. The van der Waals surface area contributed by atoms with Gasteiger partial charge < -0.3 is 25.2 Å². The van der Waals surface area contributed by atoms with E-state index in [9.17, 15) is 5.11 Å². The third-order valence-corrected chi connectivity index (χ3v) is 30.3. The maximum atomic E-state index is 17.1. The van der Waals surface area contributed by atoms with Crippen molar-refractivity contribution >= 4 is 11.9 Å². The predicted octanol–water partition coefficient (Wildman–Crippen LogP) is 14.3. The lowest BCUT2D eigenvalue weighted by Gasteiger charge is -2.74. The van der Waals surface area contributed by atoms with E-state index in [1.807, 2.05) is 0 Å². The molecule has 9 aliphatic heterocycles. The number of carbonyl (C=O) groups excluding carboxylic acids is 2. The molecule has 7 saturated carbocycles. The average Bonchev–Trinajstić information content (AvgIpc) is 4.48. The molecule has 3 N–H and O–H groups in total. The normalized spacial score (nSPS) is 50.8. The monoisotopic (exact) mass is 1080 g/mol. The Morgan fingerprint density at radius 3 is 2.59 bits per heavy atom. The van der Waals surface area contributed by atoms with Gasteiger partial charge in [-0.15, -0.1) is 0 Å². The number of ether oxygens (including phenoxy) is 2. The van der Waals surface area contributed by atoms with Crippen LogP contribution in [0.3, 0.4) is 0 Å². The molecule has 16 bridgehead atoms. The second-order valence-corrected chi connectivity index (χ2v) is 32.1. The van der Waals surface area contributed by atoms with Crippen molar-refractivity contribution in [3.63, 3.8) is 0 Å². The van der Waals surface area contributed by atoms with Crippen LogP contribution in [0, 0.1) is 91.2 Å². The molecular formula is C72H91N3O5. The minimum Gasteiger partial charge on any atom is -0.509 e. The van der Waals surface area contributed by atoms with Gasteiger partial charge in [0.25, 0.3) is 0 Å². The van der Waals surface area contributed by atoms with Crippen LogP contribution in [0.5, 0.6) is 0 Å². The van der Waals surface area contributed by atoms with Crippen molar-refractivity contribution in [2.24, 2.45) is 96.9 Å². The molecule has 21 aliphatic rings. The molecule has 3 saturated heterocycles. The smallest absolute Gasteiger partial charge is 0.339 e. The molecule has 7 spiro atoms. The lowest BCUT2D eigenvalue weighted by molar-refractivity contribution is -0.284. The number of aliphatic hydroxyl groups excluding tert-OH is 1. The summed E-state index contributed by atoms with van der Waals surface area (Å²) >= 11 is 0. The molecule has 1 aromatic carbocycles. The van der Waals surface area contributed by atoms with Crippen LogP contribution in [-0.4, -0.2) is 65.1 Å². The largest absolute Gasteiger partial charge is 0.509 e. The Morgan fingerprint density at radius 1 is 0.838 bits per heavy atom. The molecule has 10 fully saturated rings. The van der Waals surface area contributed by atoms with Crippen molar-refractivity contribution in [3.8, 4) is 0 Å². The highest BCUT2D eigenvalue weighted by Gasteiger charge is 2.94. The van der Waals surface area contributed by atoms with Crippen LogP contribution < -0.4 is 5.73 Å². The summed E-state index contributed by atoms with van der Waals surface area (Å²) in [5, 5.41) is 14.4. The number of hydrogen-bond acceptors (Lipinski definition) is 8. The molecular weight excluding hydrogens is 987 g/mol. The zero-order valence-electron chi connectivity index (χ0n) is 48.4. The number of nitrogens with zero attached hydrogens (tertiary/aromatic N) is 2. The lowest BCUT2D eigenvalue weighted by Crippen LogP contribution is -2.78. The van der Waals surface area contributed by atoms with Gasteiger partial charge in [0.1, 0.15) is 11.2 Å². The molecule has 424 valence electrons. The van der Waals surface area contributed by atoms with E-state index in [2.05, 4.69) is 53.2 Å². The highest BCUT2D eigenvalue weighted by molar-refractivity contribution is 6.00. The fourth-order valence-electron chi connectivity index (χ4n) is 28.3. The summed E-state index contributed by atoms with van der Waals surface area (Å²) in [6.45, 7) is 6.53. The third kappa shape index (κ3) is 5.28. The van der Waals surface area contributed by atoms with Gasteiger partial charge in [0.2, 0.25) is 0 Å². The van der Waals surface area contributed by atoms with E-state index in [0.29, 0.717) is 101 Å². The molecule has 8 nitrogen and oxygen atoms in total. The Labute approximate surface area is 476 Å². The van der Waals surface area contributed by atoms with Gasteiger partial charge in [0.05, 0.1) is 11.0 Å². The number of aliphatic hydroxyl groups is 1. The Kier molecular flexibility index (Phi) is 9.75. The van der Waals surface area contributed by atoms with Gasteiger partial charge >= 0.3 is 11.9 Å². The zero-order chi connectivity index (χ0) is 53.1. The van der Waals surface area contributed by atoms with Crippen LogP contribution in [0.1, 0.15) is 215 Å². The van der Waals surface area contributed by atoms with Crippen molar-refractivity contribution in [3.05, 3.63) is 92.6 Å². The first-order chi connectivity index (χ1) is 39.0. The number of hydrogen-bond donors (Lipinski definition) is 2. The van der Waals surface area contributed by atoms with Crippen molar-refractivity contribution < 1.29 is 24.2 Å². The fraction of sp³-hybridized carbons (Fsp3) is 0.750. The van der Waals surface area contributed by atoms with Crippen LogP contribution in [0.25, 0.3) is 0 Å². The van der Waals surface area contributed by atoms with Crippen molar-refractivity contribution in [2.75, 3.05) is 26.2 Å². The summed E-state index contributed by atoms with van der Waals surface area (Å²) in [6.07, 6.45) is 43.8. The number of nitrogens with two attached hydrogens (primary N) is 1. The molecule has 12 aliphatic carbocycles. The SMILES string of the molecule is C[C@@H]1CC2=C3[C@H]4C5=C6[C@@H]7C[C@@]41CCC7=C[C@@H](C1CCCCC1)C[C@H]1[C@]64C(=O)O/C(=C(/O)C[C@@H]([C@]67C=C[C@H]8CCC[C@]89CCC[C@@]9(C6)C6(CCCC6)C7)N6C[C@H]7C[C@@H](C6)[C@@H](CC2)N3C7)[C@@]4(CC5)[C@]12OC(=O)c1c(CCCN)cccc12. The van der Waals surface area contributed by atoms with Crippen LogP contribution in [0.4, 0.5) is 0 Å². The molecule has 9 heterocycles. The first-order valence-corrected chi connectivity index (χ1v) is 34.1. The molecule has 8 heteroatoms. The van der Waals surface area contributed by atoms with Gasteiger partial charge in [-0.25, -0.2) is 4.79 Å². The number of allylic oxidation sites excluding steroid dienone is 5. The summed E-state index contributed by atoms with van der Waals surface area (Å²) in [5.41, 5.74) is 14.9. The summed E-state index contributed by atoms with van der Waals surface area (Å²) < 4.78 is 15.1. The molecule has 1 unspecified atom stereocenters. The van der Waals surface area contributed by atoms with E-state index in [1.165, 1.54) is 147 Å². The second-order valence-electron chi connectivity index (χ2n) is 32.1. The number of fused-ring (bicyclic) bond motifs is 4. The highest BCUT2D eigenvalue weighted by Crippen LogP contribution is 2.90. The number of piperidine rings is 2. The first kappa shape index (κ1) is 48.7. The van der Waals surface area contributed by atoms with E-state index >= 15 is 9.59 Å². The number of esters is 2. The maximum absolute atomic E-state index is 17.1. The maximum Gasteiger partial charge on any atom is 0.339 e. The van der Waals surface area contributed by atoms with E-state index in [-0.39, 0.29) is 46.6 Å². The average molecular weight is 1080 g/mol. The summed E-state index contributed by atoms with van der Waals surface area (Å²) in [4.78, 5) is 38.8. The topological polar surface area (TPSA) is 105 Å². The first-order valence-electron chi connectivity index (χ1n) is 34.1. The Bertz CT molecular complexity index is 3130. The Morgan fingerprint density at radius 2 is 1.71 bits per heavy atom. The van der Waals surface area contributed by atoms with E-state index < -0.39 is 16.4 Å². The number of rotatable bonds is 5. The standard InChI is InChI=1S/C72H91N3O5/c1-42-31-47-17-18-54-49-32-43-37-74(39-49)57(65-27-20-50-15-8-24-68(50)25-10-26-69(68,41-65)66(40-65)22-5-6-23-66)35-55(76)62-70-29-21-51-59-52-36-67(42,60(51)61(47)75(54)38-43)28-19-46(52)33-48(44-11-3-2-4-12-44)34-56(71(59,70)64(78)79-62)72(70)53-16-7-13-45(14-9-30-73)58(53)63(77)80-72/h7,13,16,20,27,33,42-44,48-50,52,54,56-57,60,76H,2-6,8-12,14-15,17-19,21-26,28-32,34-41,73H2,1H3/b46-33?,62-55+/t42-,43-,48-,49+,50-,52-,54-,56+,57+,60-,65+,67-,68+,69-,70-,71-,72-/m1/s1. The van der Waals surface area contributed by atoms with Crippen LogP contribution in [0.2, 0.25) is 0 Å². The van der Waals surface area contributed by atoms with Crippen molar-refractivity contribution in [1.82, 2.24) is 9.80 Å². The van der Waals surface area contributed by atoms with Crippen LogP contribution >= 0.6 is 0 Å². The number of benzene rings is 1. The van der Waals surface area contributed by atoms with Gasteiger partial charge in [0, 0.05) is 72.6 Å². The van der Waals surface area contributed by atoms with Gasteiger partial charge in [0.15, 0.2) is 11.4 Å². The fourth-order valence-corrected chi connectivity index (χ4v) is 28.3. The van der Waals surface area contributed by atoms with Gasteiger partial charge in [-0.2, -0.15) is 0 Å². The van der Waals surface area contributed by atoms with Crippen molar-refractivity contribution in [1.29, 1.82) is 0 Å². The zero-order valence-corrected chi connectivity index (χ0v) is 48.4. The summed E-state index contributed by atoms with van der Waals surface area (Å²) in [7, 11) is 0. The van der Waals surface area contributed by atoms with Crippen LogP contribution in [0.15, 0.2) is 75.9 Å². The molecule has 80 heavy (non-hydrogen) atoms. The molecule has 0 radical (unpaired) electrons. The third-order valence-electron chi connectivity index (χ3n) is 30.3.